The van der Waals surface area contributed by atoms with Gasteiger partial charge in [0, 0.05) is 63.1 Å². The molecule has 3 aliphatic heterocycles. The zero-order valence-corrected chi connectivity index (χ0v) is 28.8. The number of carbonyl (C=O) groups excluding carboxylic acids is 2. The van der Waals surface area contributed by atoms with Gasteiger partial charge < -0.3 is 19.2 Å². The number of pyridine rings is 1. The Bertz CT molecular complexity index is 1910. The highest BCUT2D eigenvalue weighted by molar-refractivity contribution is 7.93. The number of nitriles is 1. The van der Waals surface area contributed by atoms with E-state index < -0.39 is 44.6 Å². The van der Waals surface area contributed by atoms with Gasteiger partial charge in [0.25, 0.3) is 15.9 Å². The summed E-state index contributed by atoms with van der Waals surface area (Å²) in [5.41, 5.74) is -3.48. The molecule has 2 saturated heterocycles. The number of hydrogen-bond acceptors (Lipinski definition) is 12. The van der Waals surface area contributed by atoms with Crippen molar-refractivity contribution in [3.05, 3.63) is 77.2 Å². The minimum absolute atomic E-state index is 0.0400. The molecule has 264 valence electrons. The number of fused-ring (bicyclic) bond motifs is 1. The number of rotatable bonds is 9. The summed E-state index contributed by atoms with van der Waals surface area (Å²) >= 11 is 0. The first-order valence-corrected chi connectivity index (χ1v) is 17.7. The Balaban J connectivity index is 1.40. The lowest BCUT2D eigenvalue weighted by atomic mass is 9.83. The molecule has 2 fully saturated rings. The molecular weight excluding hydrogens is 669 g/mol. The fourth-order valence-electron chi connectivity index (χ4n) is 6.74. The van der Waals surface area contributed by atoms with Crippen LogP contribution in [-0.4, -0.2) is 106 Å². The SMILES string of the molecule is CCOc1ncccc1C1(NC(=O)ON2CCC(N3CCN(C)CC3)CC2)C(=O)N(S(=O)(=O)c2ccc(OC)cc2)c2cc(F)c(C#N)cc21. The van der Waals surface area contributed by atoms with Gasteiger partial charge >= 0.3 is 6.09 Å². The molecule has 1 N–H and O–H groups in total. The summed E-state index contributed by atoms with van der Waals surface area (Å²) in [5.74, 6) is -1.97. The largest absolute Gasteiger partial charge is 0.497 e. The molecule has 3 aromatic rings. The van der Waals surface area contributed by atoms with Crippen LogP contribution in [0.5, 0.6) is 11.6 Å². The van der Waals surface area contributed by atoms with Crippen molar-refractivity contribution in [1.29, 1.82) is 5.26 Å². The third-order valence-corrected chi connectivity index (χ3v) is 11.1. The first-order chi connectivity index (χ1) is 24.0. The number of ether oxygens (including phenoxy) is 2. The predicted molar refractivity (Wildman–Crippen MR) is 178 cm³/mol. The van der Waals surface area contributed by atoms with Gasteiger partial charge in [-0.2, -0.15) is 9.57 Å². The van der Waals surface area contributed by atoms with E-state index in [1.165, 1.54) is 54.8 Å². The second-order valence-corrected chi connectivity index (χ2v) is 14.0. The van der Waals surface area contributed by atoms with E-state index in [0.717, 1.165) is 51.2 Å². The highest BCUT2D eigenvalue weighted by Crippen LogP contribution is 2.49. The van der Waals surface area contributed by atoms with Crippen molar-refractivity contribution < 1.29 is 36.7 Å². The summed E-state index contributed by atoms with van der Waals surface area (Å²) in [7, 11) is -1.23. The highest BCUT2D eigenvalue weighted by Gasteiger charge is 2.59. The Labute approximate surface area is 289 Å². The van der Waals surface area contributed by atoms with E-state index in [1.807, 2.05) is 0 Å². The zero-order chi connectivity index (χ0) is 35.6. The van der Waals surface area contributed by atoms with Crippen LogP contribution in [0.1, 0.15) is 36.5 Å². The fourth-order valence-corrected chi connectivity index (χ4v) is 8.20. The standard InChI is InChI=1S/C34H38FN7O7S/c1-4-48-31-27(6-5-13-37-31)34(38-33(44)49-41-14-11-24(12-15-41)40-18-16-39(2)17-19-40)28-20-23(22-36)29(35)21-30(28)42(32(34)43)50(45,46)26-9-7-25(47-3)8-10-26/h5-10,13,20-21,24H,4,11-12,14-19H2,1-3H3,(H,38,44). The van der Waals surface area contributed by atoms with Gasteiger partial charge in [0.1, 0.15) is 17.6 Å². The number of hydrogen-bond donors (Lipinski definition) is 1. The topological polar surface area (TPSA) is 158 Å². The van der Waals surface area contributed by atoms with Gasteiger partial charge in [-0.05, 0) is 69.3 Å². The third kappa shape index (κ3) is 6.33. The molecular formula is C34H38FN7O7S. The smallest absolute Gasteiger partial charge is 0.427 e. The number of aromatic nitrogens is 1. The summed E-state index contributed by atoms with van der Waals surface area (Å²) in [5, 5.41) is 13.9. The van der Waals surface area contributed by atoms with E-state index in [9.17, 15) is 23.3 Å². The lowest BCUT2D eigenvalue weighted by Crippen LogP contribution is -2.56. The number of nitrogens with one attached hydrogen (secondary N) is 1. The van der Waals surface area contributed by atoms with E-state index in [1.54, 1.807) is 13.0 Å². The molecule has 16 heteroatoms. The third-order valence-electron chi connectivity index (χ3n) is 9.37. The minimum atomic E-state index is -4.74. The van der Waals surface area contributed by atoms with E-state index in [-0.39, 0.29) is 28.5 Å². The van der Waals surface area contributed by atoms with Crippen molar-refractivity contribution in [2.75, 3.05) is 64.3 Å². The number of piperazine rings is 1. The number of benzene rings is 2. The first kappa shape index (κ1) is 35.0. The van der Waals surface area contributed by atoms with Crippen molar-refractivity contribution >= 4 is 27.7 Å². The van der Waals surface area contributed by atoms with Gasteiger partial charge in [-0.25, -0.2) is 22.6 Å². The number of sulfonamides is 1. The number of amides is 2. The van der Waals surface area contributed by atoms with E-state index in [4.69, 9.17) is 14.3 Å². The van der Waals surface area contributed by atoms with Crippen LogP contribution < -0.4 is 19.1 Å². The highest BCUT2D eigenvalue weighted by atomic mass is 32.2. The second kappa shape index (κ2) is 14.2. The molecule has 3 aliphatic rings. The quantitative estimate of drug-likeness (QED) is 0.348. The van der Waals surface area contributed by atoms with Gasteiger partial charge in [-0.15, -0.1) is 5.06 Å². The van der Waals surface area contributed by atoms with E-state index >= 15 is 4.39 Å². The van der Waals surface area contributed by atoms with E-state index in [2.05, 4.69) is 27.1 Å². The van der Waals surface area contributed by atoms with Crippen LogP contribution in [0, 0.1) is 17.1 Å². The minimum Gasteiger partial charge on any atom is -0.497 e. The Kier molecular flexibility index (Phi) is 9.94. The number of anilines is 1. The van der Waals surface area contributed by atoms with Crippen LogP contribution in [0.2, 0.25) is 0 Å². The molecule has 1 aromatic heterocycles. The first-order valence-electron chi connectivity index (χ1n) is 16.3. The van der Waals surface area contributed by atoms with Crippen LogP contribution in [-0.2, 0) is 25.2 Å². The maximum Gasteiger partial charge on any atom is 0.427 e. The van der Waals surface area contributed by atoms with Crippen LogP contribution in [0.15, 0.2) is 59.6 Å². The van der Waals surface area contributed by atoms with Crippen molar-refractivity contribution in [3.63, 3.8) is 0 Å². The fraction of sp³-hybridized carbons (Fsp3) is 0.412. The summed E-state index contributed by atoms with van der Waals surface area (Å²) in [6, 6.07) is 12.1. The van der Waals surface area contributed by atoms with Gasteiger partial charge in [-0.3, -0.25) is 15.0 Å². The average Bonchev–Trinajstić information content (AvgIpc) is 3.35. The Morgan fingerprint density at radius 2 is 1.78 bits per heavy atom. The molecule has 4 heterocycles. The molecule has 2 amide bonds. The second-order valence-electron chi connectivity index (χ2n) is 12.3. The summed E-state index contributed by atoms with van der Waals surface area (Å²) in [6.07, 6.45) is 1.84. The molecule has 0 bridgehead atoms. The van der Waals surface area contributed by atoms with Crippen molar-refractivity contribution in [3.8, 4) is 17.7 Å². The summed E-state index contributed by atoms with van der Waals surface area (Å²) in [6.45, 7) is 6.54. The lowest BCUT2D eigenvalue weighted by Gasteiger charge is -2.41. The maximum absolute atomic E-state index is 15.3. The molecule has 1 unspecified atom stereocenters. The predicted octanol–water partition coefficient (Wildman–Crippen LogP) is 2.83. The molecule has 0 radical (unpaired) electrons. The number of halogens is 1. The average molecular weight is 708 g/mol. The van der Waals surface area contributed by atoms with Gasteiger partial charge in [0.2, 0.25) is 5.88 Å². The number of piperidine rings is 1. The van der Waals surface area contributed by atoms with E-state index in [0.29, 0.717) is 29.2 Å². The van der Waals surface area contributed by atoms with Crippen LogP contribution in [0.4, 0.5) is 14.9 Å². The number of nitrogens with zero attached hydrogens (tertiary/aromatic N) is 6. The number of hydroxylamine groups is 2. The molecule has 6 rings (SSSR count). The molecule has 0 saturated carbocycles. The number of carbonyl (C=O) groups is 2. The zero-order valence-electron chi connectivity index (χ0n) is 28.0. The summed E-state index contributed by atoms with van der Waals surface area (Å²) < 4.78 is 55.2. The van der Waals surface area contributed by atoms with Crippen molar-refractivity contribution in [2.24, 2.45) is 0 Å². The summed E-state index contributed by atoms with van der Waals surface area (Å²) in [4.78, 5) is 43.2. The van der Waals surface area contributed by atoms with Gasteiger partial charge in [0.05, 0.1) is 35.4 Å². The van der Waals surface area contributed by atoms with Crippen LogP contribution in [0.25, 0.3) is 0 Å². The lowest BCUT2D eigenvalue weighted by molar-refractivity contribution is -0.130. The molecule has 0 spiro atoms. The van der Waals surface area contributed by atoms with Crippen LogP contribution in [0.3, 0.4) is 0 Å². The Morgan fingerprint density at radius 3 is 2.42 bits per heavy atom. The van der Waals surface area contributed by atoms with Crippen molar-refractivity contribution in [1.82, 2.24) is 25.2 Å². The molecule has 2 aromatic carbocycles. The Hall–Kier alpha value is -4.82. The monoisotopic (exact) mass is 707 g/mol. The van der Waals surface area contributed by atoms with Gasteiger partial charge in [0.15, 0.2) is 5.54 Å². The Morgan fingerprint density at radius 1 is 1.08 bits per heavy atom. The normalized spacial score (nSPS) is 20.6. The molecule has 14 nitrogen and oxygen atoms in total. The van der Waals surface area contributed by atoms with Crippen molar-refractivity contribution in [2.45, 2.75) is 36.2 Å². The van der Waals surface area contributed by atoms with Crippen LogP contribution >= 0.6 is 0 Å². The molecule has 1 atom stereocenters. The molecule has 0 aliphatic carbocycles. The maximum atomic E-state index is 15.3. The van der Waals surface area contributed by atoms with Gasteiger partial charge in [-0.1, -0.05) is 0 Å². The molecule has 50 heavy (non-hydrogen) atoms. The number of methoxy groups -OCH3 is 1. The number of likely N-dealkylation sites (N-methyl/N-ethyl adjacent to an activating group) is 1.